The van der Waals surface area contributed by atoms with Gasteiger partial charge in [-0.2, -0.15) is 26.3 Å². The highest BCUT2D eigenvalue weighted by Gasteiger charge is 2.46. The fourth-order valence-electron chi connectivity index (χ4n) is 4.28. The molecule has 1 saturated heterocycles. The Kier molecular flexibility index (Phi) is 5.63. The van der Waals surface area contributed by atoms with Crippen LogP contribution in [-0.2, 0) is 17.1 Å². The van der Waals surface area contributed by atoms with E-state index in [1.807, 2.05) is 4.90 Å². The largest absolute Gasteiger partial charge is 0.416 e. The molecule has 1 aliphatic carbocycles. The predicted octanol–water partition coefficient (Wildman–Crippen LogP) is 5.48. The summed E-state index contributed by atoms with van der Waals surface area (Å²) >= 11 is 0. The molecule has 9 heteroatoms. The quantitative estimate of drug-likeness (QED) is 0.571. The lowest BCUT2D eigenvalue weighted by molar-refractivity contribution is -0.138. The van der Waals surface area contributed by atoms with Gasteiger partial charge < -0.3 is 9.80 Å². The second kappa shape index (κ2) is 8.01. The Morgan fingerprint density at radius 2 is 1.41 bits per heavy atom. The van der Waals surface area contributed by atoms with Crippen molar-refractivity contribution in [2.75, 3.05) is 31.1 Å². The van der Waals surface area contributed by atoms with Gasteiger partial charge in [0.25, 0.3) is 0 Å². The standard InChI is InChI=1S/C23H22F6N2O/c1-14-2-5-17(23(27,28)29)12-20(14)30-8-10-31(11-9-30)21(32)19-13-18(19)15-3-6-16(7-4-15)22(24,25)26/h2-7,12,18-19H,8-11,13H2,1H3/t18-,19?/m1/s1. The van der Waals surface area contributed by atoms with Crippen molar-refractivity contribution in [2.24, 2.45) is 5.92 Å². The monoisotopic (exact) mass is 456 g/mol. The molecule has 2 aromatic carbocycles. The topological polar surface area (TPSA) is 23.6 Å². The number of benzene rings is 2. The Morgan fingerprint density at radius 3 is 1.97 bits per heavy atom. The van der Waals surface area contributed by atoms with Crippen LogP contribution in [0.2, 0.25) is 0 Å². The molecule has 1 heterocycles. The van der Waals surface area contributed by atoms with E-state index in [0.717, 1.165) is 35.4 Å². The summed E-state index contributed by atoms with van der Waals surface area (Å²) < 4.78 is 77.4. The number of alkyl halides is 6. The highest BCUT2D eigenvalue weighted by Crippen LogP contribution is 2.49. The van der Waals surface area contributed by atoms with Gasteiger partial charge in [-0.05, 0) is 54.7 Å². The minimum atomic E-state index is -4.42. The van der Waals surface area contributed by atoms with Crippen LogP contribution in [0.3, 0.4) is 0 Å². The molecule has 0 aromatic heterocycles. The predicted molar refractivity (Wildman–Crippen MR) is 107 cm³/mol. The molecule has 2 aromatic rings. The number of carbonyl (C=O) groups excluding carboxylic acids is 1. The summed E-state index contributed by atoms with van der Waals surface area (Å²) in [6.45, 7) is 3.39. The van der Waals surface area contributed by atoms with E-state index in [4.69, 9.17) is 0 Å². The van der Waals surface area contributed by atoms with Crippen molar-refractivity contribution < 1.29 is 31.1 Å². The van der Waals surface area contributed by atoms with Crippen LogP contribution in [-0.4, -0.2) is 37.0 Å². The van der Waals surface area contributed by atoms with Crippen LogP contribution in [0.5, 0.6) is 0 Å². The number of amides is 1. The van der Waals surface area contributed by atoms with Crippen LogP contribution >= 0.6 is 0 Å². The summed E-state index contributed by atoms with van der Waals surface area (Å²) in [5.74, 6) is -0.391. The van der Waals surface area contributed by atoms with E-state index in [2.05, 4.69) is 0 Å². The number of aryl methyl sites for hydroxylation is 1. The molecule has 3 nitrogen and oxygen atoms in total. The summed E-state index contributed by atoms with van der Waals surface area (Å²) in [7, 11) is 0. The number of anilines is 1. The molecule has 2 aliphatic rings. The molecule has 1 unspecified atom stereocenters. The lowest BCUT2D eigenvalue weighted by atomic mass is 10.1. The highest BCUT2D eigenvalue weighted by atomic mass is 19.4. The third kappa shape index (κ3) is 4.56. The van der Waals surface area contributed by atoms with Crippen molar-refractivity contribution in [3.8, 4) is 0 Å². The van der Waals surface area contributed by atoms with Crippen molar-refractivity contribution in [3.05, 3.63) is 64.7 Å². The van der Waals surface area contributed by atoms with Gasteiger partial charge in [0.15, 0.2) is 0 Å². The average Bonchev–Trinajstić information content (AvgIpc) is 3.53. The van der Waals surface area contributed by atoms with Crippen LogP contribution in [0.15, 0.2) is 42.5 Å². The second-order valence-electron chi connectivity index (χ2n) is 8.38. The van der Waals surface area contributed by atoms with E-state index in [0.29, 0.717) is 38.3 Å². The number of carbonyl (C=O) groups is 1. The van der Waals surface area contributed by atoms with E-state index in [1.165, 1.54) is 18.2 Å². The van der Waals surface area contributed by atoms with Gasteiger partial charge in [0.1, 0.15) is 0 Å². The molecule has 32 heavy (non-hydrogen) atoms. The summed E-state index contributed by atoms with van der Waals surface area (Å²) in [5, 5.41) is 0. The van der Waals surface area contributed by atoms with Crippen molar-refractivity contribution in [3.63, 3.8) is 0 Å². The minimum Gasteiger partial charge on any atom is -0.368 e. The maximum atomic E-state index is 13.1. The number of hydrogen-bond acceptors (Lipinski definition) is 2. The Balaban J connectivity index is 1.36. The molecule has 2 atom stereocenters. The Labute approximate surface area is 181 Å². The molecule has 1 saturated carbocycles. The summed E-state index contributed by atoms with van der Waals surface area (Å²) in [6, 6.07) is 8.58. The second-order valence-corrected chi connectivity index (χ2v) is 8.38. The fraction of sp³-hybridized carbons (Fsp3) is 0.435. The summed E-state index contributed by atoms with van der Waals surface area (Å²) in [4.78, 5) is 16.4. The van der Waals surface area contributed by atoms with E-state index < -0.39 is 23.5 Å². The van der Waals surface area contributed by atoms with Gasteiger partial charge in [0.2, 0.25) is 5.91 Å². The van der Waals surface area contributed by atoms with Crippen molar-refractivity contribution in [1.82, 2.24) is 4.90 Å². The van der Waals surface area contributed by atoms with E-state index in [1.54, 1.807) is 11.8 Å². The van der Waals surface area contributed by atoms with Gasteiger partial charge in [-0.15, -0.1) is 0 Å². The van der Waals surface area contributed by atoms with Gasteiger partial charge in [-0.25, -0.2) is 0 Å². The summed E-state index contributed by atoms with van der Waals surface area (Å²) in [5.41, 5.74) is 0.553. The Bertz CT molecular complexity index is 991. The van der Waals surface area contributed by atoms with Gasteiger partial charge in [0, 0.05) is 37.8 Å². The van der Waals surface area contributed by atoms with Crippen molar-refractivity contribution >= 4 is 11.6 Å². The molecule has 0 bridgehead atoms. The van der Waals surface area contributed by atoms with E-state index in [9.17, 15) is 31.1 Å². The van der Waals surface area contributed by atoms with Gasteiger partial charge in [0.05, 0.1) is 11.1 Å². The first kappa shape index (κ1) is 22.5. The first-order valence-electron chi connectivity index (χ1n) is 10.3. The van der Waals surface area contributed by atoms with Crippen LogP contribution in [0.25, 0.3) is 0 Å². The molecule has 0 radical (unpaired) electrons. The van der Waals surface area contributed by atoms with Gasteiger partial charge in [-0.3, -0.25) is 4.79 Å². The number of hydrogen-bond donors (Lipinski definition) is 0. The molecule has 0 N–H and O–H groups in total. The lowest BCUT2D eigenvalue weighted by Crippen LogP contribution is -2.49. The SMILES string of the molecule is Cc1ccc(C(F)(F)F)cc1N1CCN(C(=O)C2C[C@@H]2c2ccc(C(F)(F)F)cc2)CC1. The minimum absolute atomic E-state index is 0.0460. The molecule has 172 valence electrons. The zero-order chi connectivity index (χ0) is 23.3. The zero-order valence-electron chi connectivity index (χ0n) is 17.3. The Hall–Kier alpha value is -2.71. The Morgan fingerprint density at radius 1 is 0.844 bits per heavy atom. The first-order valence-corrected chi connectivity index (χ1v) is 10.3. The zero-order valence-corrected chi connectivity index (χ0v) is 17.3. The van der Waals surface area contributed by atoms with Crippen LogP contribution in [0, 0.1) is 12.8 Å². The van der Waals surface area contributed by atoms with Gasteiger partial charge >= 0.3 is 12.4 Å². The first-order chi connectivity index (χ1) is 14.9. The number of halogens is 6. The molecule has 2 fully saturated rings. The maximum absolute atomic E-state index is 13.1. The molecule has 1 amide bonds. The lowest BCUT2D eigenvalue weighted by Gasteiger charge is -2.37. The third-order valence-corrected chi connectivity index (χ3v) is 6.24. The highest BCUT2D eigenvalue weighted by molar-refractivity contribution is 5.83. The molecule has 4 rings (SSSR count). The third-order valence-electron chi connectivity index (χ3n) is 6.24. The van der Waals surface area contributed by atoms with Crippen molar-refractivity contribution in [1.29, 1.82) is 0 Å². The molecule has 1 aliphatic heterocycles. The van der Waals surface area contributed by atoms with Crippen LogP contribution < -0.4 is 4.90 Å². The number of piperazine rings is 1. The van der Waals surface area contributed by atoms with E-state index >= 15 is 0 Å². The normalized spacial score (nSPS) is 21.6. The van der Waals surface area contributed by atoms with E-state index in [-0.39, 0.29) is 17.7 Å². The maximum Gasteiger partial charge on any atom is 0.416 e. The van der Waals surface area contributed by atoms with Crippen molar-refractivity contribution in [2.45, 2.75) is 31.6 Å². The smallest absolute Gasteiger partial charge is 0.368 e. The van der Waals surface area contributed by atoms with Crippen LogP contribution in [0.1, 0.15) is 34.6 Å². The average molecular weight is 456 g/mol. The molecular weight excluding hydrogens is 434 g/mol. The fourth-order valence-corrected chi connectivity index (χ4v) is 4.28. The molecular formula is C23H22F6N2O. The van der Waals surface area contributed by atoms with Crippen LogP contribution in [0.4, 0.5) is 32.0 Å². The summed E-state index contributed by atoms with van der Waals surface area (Å²) in [6.07, 6.45) is -8.22. The number of nitrogens with zero attached hydrogens (tertiary/aromatic N) is 2. The number of rotatable bonds is 3. The van der Waals surface area contributed by atoms with Gasteiger partial charge in [-0.1, -0.05) is 18.2 Å². The molecule has 0 spiro atoms.